The summed E-state index contributed by atoms with van der Waals surface area (Å²) < 4.78 is 0. The number of pyridine rings is 1. The number of benzene rings is 1. The first-order valence-electron chi connectivity index (χ1n) is 6.58. The molecule has 3 heteroatoms. The Bertz CT molecular complexity index is 624. The molecule has 1 fully saturated rings. The van der Waals surface area contributed by atoms with E-state index >= 15 is 0 Å². The lowest BCUT2D eigenvalue weighted by atomic mass is 9.88. The summed E-state index contributed by atoms with van der Waals surface area (Å²) in [6, 6.07) is 7.94. The summed E-state index contributed by atoms with van der Waals surface area (Å²) in [7, 11) is 0. The number of H-pyrrole nitrogens is 1. The second-order valence-electron chi connectivity index (χ2n) is 5.15. The molecule has 0 radical (unpaired) electrons. The van der Waals surface area contributed by atoms with Crippen molar-refractivity contribution in [2.45, 2.75) is 25.7 Å². The number of aryl methyl sites for hydroxylation is 1. The molecular formula is C15H18N2O. The van der Waals surface area contributed by atoms with E-state index in [1.165, 1.54) is 24.0 Å². The van der Waals surface area contributed by atoms with Crippen LogP contribution in [0.15, 0.2) is 29.1 Å². The molecule has 2 aromatic rings. The first-order valence-corrected chi connectivity index (χ1v) is 6.58. The van der Waals surface area contributed by atoms with Crippen LogP contribution in [0.3, 0.4) is 0 Å². The molecule has 94 valence electrons. The Morgan fingerprint density at radius 1 is 1.17 bits per heavy atom. The predicted molar refractivity (Wildman–Crippen MR) is 74.2 cm³/mol. The van der Waals surface area contributed by atoms with E-state index in [-0.39, 0.29) is 5.56 Å². The minimum atomic E-state index is -0.0237. The number of hydrogen-bond acceptors (Lipinski definition) is 2. The minimum Gasteiger partial charge on any atom is -0.322 e. The third-order valence-electron chi connectivity index (χ3n) is 3.88. The zero-order valence-corrected chi connectivity index (χ0v) is 10.6. The number of piperidine rings is 1. The lowest BCUT2D eigenvalue weighted by molar-refractivity contribution is 0.460. The molecule has 0 bridgehead atoms. The Kier molecular flexibility index (Phi) is 2.92. The molecule has 0 aliphatic carbocycles. The van der Waals surface area contributed by atoms with Gasteiger partial charge in [0.25, 0.3) is 0 Å². The van der Waals surface area contributed by atoms with Crippen molar-refractivity contribution in [3.8, 4) is 0 Å². The van der Waals surface area contributed by atoms with Gasteiger partial charge < -0.3 is 10.3 Å². The normalized spacial score (nSPS) is 17.2. The Morgan fingerprint density at radius 3 is 2.72 bits per heavy atom. The van der Waals surface area contributed by atoms with Gasteiger partial charge in [0, 0.05) is 17.0 Å². The quantitative estimate of drug-likeness (QED) is 0.806. The van der Waals surface area contributed by atoms with Crippen LogP contribution in [0.25, 0.3) is 10.9 Å². The van der Waals surface area contributed by atoms with Crippen molar-refractivity contribution in [1.29, 1.82) is 0 Å². The molecule has 1 aliphatic rings. The maximum Gasteiger partial charge on any atom is 0.248 e. The third-order valence-corrected chi connectivity index (χ3v) is 3.88. The average Bonchev–Trinajstić information content (AvgIpc) is 2.39. The minimum absolute atomic E-state index is 0.0237. The fourth-order valence-corrected chi connectivity index (χ4v) is 2.88. The third kappa shape index (κ3) is 2.06. The van der Waals surface area contributed by atoms with Gasteiger partial charge >= 0.3 is 0 Å². The largest absolute Gasteiger partial charge is 0.322 e. The second kappa shape index (κ2) is 4.58. The monoisotopic (exact) mass is 242 g/mol. The first-order chi connectivity index (χ1) is 8.74. The van der Waals surface area contributed by atoms with Crippen molar-refractivity contribution >= 4 is 10.9 Å². The number of nitrogens with one attached hydrogen (secondary N) is 2. The Balaban J connectivity index is 2.10. The molecule has 18 heavy (non-hydrogen) atoms. The number of aromatic amines is 1. The zero-order valence-electron chi connectivity index (χ0n) is 10.6. The maximum absolute atomic E-state index is 11.4. The van der Waals surface area contributed by atoms with Gasteiger partial charge in [0.2, 0.25) is 5.56 Å². The van der Waals surface area contributed by atoms with Crippen LogP contribution in [0.4, 0.5) is 0 Å². The van der Waals surface area contributed by atoms with Crippen molar-refractivity contribution in [3.63, 3.8) is 0 Å². The van der Waals surface area contributed by atoms with Gasteiger partial charge in [-0.15, -0.1) is 0 Å². The van der Waals surface area contributed by atoms with E-state index in [9.17, 15) is 4.79 Å². The first kappa shape index (κ1) is 11.5. The average molecular weight is 242 g/mol. The van der Waals surface area contributed by atoms with E-state index in [1.54, 1.807) is 6.07 Å². The highest BCUT2D eigenvalue weighted by Crippen LogP contribution is 2.28. The number of aromatic nitrogens is 1. The highest BCUT2D eigenvalue weighted by atomic mass is 16.1. The molecule has 1 aromatic heterocycles. The van der Waals surface area contributed by atoms with Crippen LogP contribution in [0.1, 0.15) is 29.9 Å². The van der Waals surface area contributed by atoms with E-state index < -0.39 is 0 Å². The number of fused-ring (bicyclic) bond motifs is 1. The van der Waals surface area contributed by atoms with Crippen molar-refractivity contribution < 1.29 is 0 Å². The van der Waals surface area contributed by atoms with E-state index in [0.29, 0.717) is 5.92 Å². The molecule has 0 spiro atoms. The summed E-state index contributed by atoms with van der Waals surface area (Å²) in [5.74, 6) is 0.623. The fraction of sp³-hybridized carbons (Fsp3) is 0.400. The summed E-state index contributed by atoms with van der Waals surface area (Å²) in [5, 5.41) is 4.53. The van der Waals surface area contributed by atoms with Crippen LogP contribution in [0, 0.1) is 6.92 Å². The van der Waals surface area contributed by atoms with E-state index in [4.69, 9.17) is 0 Å². The van der Waals surface area contributed by atoms with Gasteiger partial charge in [-0.2, -0.15) is 0 Å². The molecule has 0 amide bonds. The maximum atomic E-state index is 11.4. The van der Waals surface area contributed by atoms with E-state index in [2.05, 4.69) is 29.4 Å². The molecule has 0 atom stereocenters. The molecule has 1 aliphatic heterocycles. The molecule has 0 saturated carbocycles. The highest BCUT2D eigenvalue weighted by Gasteiger charge is 2.16. The van der Waals surface area contributed by atoms with Crippen molar-refractivity contribution in [2.75, 3.05) is 13.1 Å². The summed E-state index contributed by atoms with van der Waals surface area (Å²) in [6.07, 6.45) is 2.37. The van der Waals surface area contributed by atoms with Gasteiger partial charge in [0.1, 0.15) is 0 Å². The van der Waals surface area contributed by atoms with Gasteiger partial charge in [0.05, 0.1) is 0 Å². The summed E-state index contributed by atoms with van der Waals surface area (Å²) in [6.45, 7) is 4.30. The van der Waals surface area contributed by atoms with Crippen LogP contribution < -0.4 is 10.9 Å². The topological polar surface area (TPSA) is 44.9 Å². The van der Waals surface area contributed by atoms with Gasteiger partial charge in [-0.05, 0) is 62.0 Å². The van der Waals surface area contributed by atoms with E-state index in [1.807, 2.05) is 6.07 Å². The summed E-state index contributed by atoms with van der Waals surface area (Å²) in [5.41, 5.74) is 3.56. The SMILES string of the molecule is Cc1cc(C2CCNCC2)cc2[nH]c(=O)ccc12. The van der Waals surface area contributed by atoms with Crippen LogP contribution in [0.5, 0.6) is 0 Å². The Morgan fingerprint density at radius 2 is 1.94 bits per heavy atom. The van der Waals surface area contributed by atoms with Crippen molar-refractivity contribution in [1.82, 2.24) is 10.3 Å². The van der Waals surface area contributed by atoms with Crippen LogP contribution in [-0.2, 0) is 0 Å². The van der Waals surface area contributed by atoms with Crippen LogP contribution in [0.2, 0.25) is 0 Å². The van der Waals surface area contributed by atoms with Crippen LogP contribution in [-0.4, -0.2) is 18.1 Å². The predicted octanol–water partition coefficient (Wildman–Crippen LogP) is 2.30. The summed E-state index contributed by atoms with van der Waals surface area (Å²) in [4.78, 5) is 14.4. The number of hydrogen-bond donors (Lipinski definition) is 2. The zero-order chi connectivity index (χ0) is 12.5. The fourth-order valence-electron chi connectivity index (χ4n) is 2.88. The lowest BCUT2D eigenvalue weighted by Gasteiger charge is -2.23. The van der Waals surface area contributed by atoms with Gasteiger partial charge in [-0.3, -0.25) is 4.79 Å². The molecule has 1 aromatic carbocycles. The molecule has 0 unspecified atom stereocenters. The molecule has 2 N–H and O–H groups in total. The lowest BCUT2D eigenvalue weighted by Crippen LogP contribution is -2.26. The Hall–Kier alpha value is -1.61. The summed E-state index contributed by atoms with van der Waals surface area (Å²) >= 11 is 0. The second-order valence-corrected chi connectivity index (χ2v) is 5.15. The van der Waals surface area contributed by atoms with Crippen molar-refractivity contribution in [3.05, 3.63) is 45.7 Å². The standard InChI is InChI=1S/C15H18N2O/c1-10-8-12(11-4-6-16-7-5-11)9-14-13(10)2-3-15(18)17-14/h2-3,8-9,11,16H,4-7H2,1H3,(H,17,18). The molecule has 1 saturated heterocycles. The van der Waals surface area contributed by atoms with Gasteiger partial charge in [0.15, 0.2) is 0 Å². The van der Waals surface area contributed by atoms with E-state index in [0.717, 1.165) is 24.0 Å². The van der Waals surface area contributed by atoms with Crippen molar-refractivity contribution in [2.24, 2.45) is 0 Å². The highest BCUT2D eigenvalue weighted by molar-refractivity contribution is 5.82. The molecule has 3 rings (SSSR count). The van der Waals surface area contributed by atoms with Crippen LogP contribution >= 0.6 is 0 Å². The number of rotatable bonds is 1. The Labute approximate surface area is 106 Å². The van der Waals surface area contributed by atoms with Gasteiger partial charge in [-0.25, -0.2) is 0 Å². The molecular weight excluding hydrogens is 224 g/mol. The molecule has 3 nitrogen and oxygen atoms in total. The van der Waals surface area contributed by atoms with Gasteiger partial charge in [-0.1, -0.05) is 6.07 Å². The smallest absolute Gasteiger partial charge is 0.248 e. The molecule has 2 heterocycles.